The monoisotopic (exact) mass is 263 g/mol. The summed E-state index contributed by atoms with van der Waals surface area (Å²) in [4.78, 5) is 9.65. The van der Waals surface area contributed by atoms with Crippen LogP contribution in [0.25, 0.3) is 0 Å². The summed E-state index contributed by atoms with van der Waals surface area (Å²) < 4.78 is 0. The summed E-state index contributed by atoms with van der Waals surface area (Å²) in [5.74, 6) is 1.94. The average molecular weight is 263 g/mol. The van der Waals surface area contributed by atoms with Crippen molar-refractivity contribution in [2.75, 3.05) is 19.6 Å². The van der Waals surface area contributed by atoms with Crippen molar-refractivity contribution < 1.29 is 0 Å². The molecule has 2 aliphatic heterocycles. The minimum Gasteiger partial charge on any atom is -0.295 e. The molecule has 0 aliphatic carbocycles. The van der Waals surface area contributed by atoms with Gasteiger partial charge in [0, 0.05) is 31.6 Å². The molecule has 0 aromatic carbocycles. The molecule has 3 heterocycles. The Morgan fingerprint density at radius 2 is 2.16 bits per heavy atom. The molecule has 0 spiro atoms. The Hall–Kier alpha value is -0.940. The van der Waals surface area contributed by atoms with Gasteiger partial charge in [-0.1, -0.05) is 13.3 Å². The van der Waals surface area contributed by atoms with Gasteiger partial charge in [-0.3, -0.25) is 14.9 Å². The van der Waals surface area contributed by atoms with Crippen LogP contribution in [-0.4, -0.2) is 56.7 Å². The van der Waals surface area contributed by atoms with E-state index in [0.29, 0.717) is 0 Å². The zero-order valence-corrected chi connectivity index (χ0v) is 12.1. The van der Waals surface area contributed by atoms with Crippen LogP contribution in [0.4, 0.5) is 0 Å². The number of piperidine rings is 1. The average Bonchev–Trinajstić information content (AvgIpc) is 2.82. The van der Waals surface area contributed by atoms with Crippen LogP contribution in [0.2, 0.25) is 0 Å². The van der Waals surface area contributed by atoms with Crippen molar-refractivity contribution in [2.24, 2.45) is 0 Å². The van der Waals surface area contributed by atoms with E-state index < -0.39 is 0 Å². The molecule has 5 nitrogen and oxygen atoms in total. The third-order valence-electron chi connectivity index (χ3n) is 4.53. The van der Waals surface area contributed by atoms with Gasteiger partial charge in [-0.2, -0.15) is 5.10 Å². The highest BCUT2D eigenvalue weighted by Gasteiger charge is 2.35. The second-order valence-corrected chi connectivity index (χ2v) is 5.98. The molecule has 1 N–H and O–H groups in total. The van der Waals surface area contributed by atoms with Crippen molar-refractivity contribution in [1.82, 2.24) is 25.0 Å². The van der Waals surface area contributed by atoms with Crippen LogP contribution in [0.5, 0.6) is 0 Å². The number of hydrogen-bond acceptors (Lipinski definition) is 4. The second kappa shape index (κ2) is 5.59. The Labute approximate surface area is 115 Å². The van der Waals surface area contributed by atoms with Crippen LogP contribution in [0.3, 0.4) is 0 Å². The summed E-state index contributed by atoms with van der Waals surface area (Å²) in [7, 11) is 0. The molecule has 1 atom stereocenters. The van der Waals surface area contributed by atoms with E-state index in [9.17, 15) is 0 Å². The van der Waals surface area contributed by atoms with Gasteiger partial charge in [-0.15, -0.1) is 0 Å². The number of hydrogen-bond donors (Lipinski definition) is 1. The lowest BCUT2D eigenvalue weighted by Gasteiger charge is -2.49. The Morgan fingerprint density at radius 3 is 2.84 bits per heavy atom. The lowest BCUT2D eigenvalue weighted by Crippen LogP contribution is -2.61. The Kier molecular flexibility index (Phi) is 3.84. The smallest absolute Gasteiger partial charge is 0.150 e. The first kappa shape index (κ1) is 13.1. The van der Waals surface area contributed by atoms with Crippen LogP contribution in [0.15, 0.2) is 0 Å². The zero-order chi connectivity index (χ0) is 13.2. The fourth-order valence-electron chi connectivity index (χ4n) is 3.32. The molecule has 1 aromatic heterocycles. The highest BCUT2D eigenvalue weighted by Crippen LogP contribution is 2.24. The van der Waals surface area contributed by atoms with Crippen LogP contribution >= 0.6 is 0 Å². The van der Waals surface area contributed by atoms with Gasteiger partial charge in [-0.05, 0) is 26.3 Å². The first-order valence-electron chi connectivity index (χ1n) is 7.64. The number of likely N-dealkylation sites (tertiary alicyclic amines) is 2. The van der Waals surface area contributed by atoms with Gasteiger partial charge in [0.05, 0.1) is 6.54 Å². The Morgan fingerprint density at radius 1 is 1.32 bits per heavy atom. The number of nitrogens with one attached hydrogen (secondary N) is 1. The summed E-state index contributed by atoms with van der Waals surface area (Å²) in [6, 6.07) is 1.54. The number of H-pyrrole nitrogens is 1. The van der Waals surface area contributed by atoms with E-state index in [1.54, 1.807) is 0 Å². The zero-order valence-electron chi connectivity index (χ0n) is 12.1. The van der Waals surface area contributed by atoms with Crippen LogP contribution in [0, 0.1) is 0 Å². The third-order valence-corrected chi connectivity index (χ3v) is 4.53. The lowest BCUT2D eigenvalue weighted by molar-refractivity contribution is -0.00729. The van der Waals surface area contributed by atoms with Gasteiger partial charge in [0.25, 0.3) is 0 Å². The lowest BCUT2D eigenvalue weighted by atomic mass is 9.97. The maximum atomic E-state index is 4.48. The van der Waals surface area contributed by atoms with Gasteiger partial charge in [-0.25, -0.2) is 4.98 Å². The standard InChI is InChI=1S/C14H25N5/c1-3-13-15-14(17-16-13)10-18-8-12(9-18)19-7-5-4-6-11(19)2/h11-12H,3-10H2,1-2H3,(H,15,16,17)/t11-/m0/s1. The molecule has 0 unspecified atom stereocenters. The number of aryl methyl sites for hydroxylation is 1. The molecule has 5 heteroatoms. The summed E-state index contributed by atoms with van der Waals surface area (Å²) >= 11 is 0. The van der Waals surface area contributed by atoms with E-state index in [1.807, 2.05) is 0 Å². The molecule has 2 aliphatic rings. The number of nitrogens with zero attached hydrogens (tertiary/aromatic N) is 4. The van der Waals surface area contributed by atoms with E-state index in [-0.39, 0.29) is 0 Å². The minimum absolute atomic E-state index is 0.767. The molecule has 3 rings (SSSR count). The van der Waals surface area contributed by atoms with Crippen LogP contribution < -0.4 is 0 Å². The number of rotatable bonds is 4. The van der Waals surface area contributed by atoms with Crippen molar-refractivity contribution in [1.29, 1.82) is 0 Å². The summed E-state index contributed by atoms with van der Waals surface area (Å²) in [5.41, 5.74) is 0. The van der Waals surface area contributed by atoms with Crippen molar-refractivity contribution in [3.05, 3.63) is 11.6 Å². The number of aromatic amines is 1. The van der Waals surface area contributed by atoms with Crippen molar-refractivity contribution >= 4 is 0 Å². The molecule has 0 bridgehead atoms. The predicted molar refractivity (Wildman–Crippen MR) is 74.8 cm³/mol. The largest absolute Gasteiger partial charge is 0.295 e. The minimum atomic E-state index is 0.767. The van der Waals surface area contributed by atoms with E-state index in [4.69, 9.17) is 0 Å². The predicted octanol–water partition coefficient (Wildman–Crippen LogP) is 1.43. The summed E-state index contributed by atoms with van der Waals surface area (Å²) in [6.45, 7) is 9.06. The topological polar surface area (TPSA) is 48.1 Å². The summed E-state index contributed by atoms with van der Waals surface area (Å²) in [5, 5.41) is 7.24. The van der Waals surface area contributed by atoms with E-state index in [0.717, 1.165) is 36.7 Å². The van der Waals surface area contributed by atoms with Crippen LogP contribution in [-0.2, 0) is 13.0 Å². The molecule has 0 amide bonds. The highest BCUT2D eigenvalue weighted by molar-refractivity contribution is 4.96. The Bertz CT molecular complexity index is 410. The molecule has 106 valence electrons. The van der Waals surface area contributed by atoms with Crippen molar-refractivity contribution in [2.45, 2.75) is 58.2 Å². The first-order valence-corrected chi connectivity index (χ1v) is 7.64. The molecule has 0 radical (unpaired) electrons. The fourth-order valence-corrected chi connectivity index (χ4v) is 3.32. The number of aromatic nitrogens is 3. The fraction of sp³-hybridized carbons (Fsp3) is 0.857. The quantitative estimate of drug-likeness (QED) is 0.892. The van der Waals surface area contributed by atoms with Gasteiger partial charge < -0.3 is 0 Å². The molecule has 0 saturated carbocycles. The van der Waals surface area contributed by atoms with Gasteiger partial charge in [0.15, 0.2) is 0 Å². The second-order valence-electron chi connectivity index (χ2n) is 5.98. The molecule has 2 saturated heterocycles. The van der Waals surface area contributed by atoms with Gasteiger partial charge in [0.1, 0.15) is 11.6 Å². The van der Waals surface area contributed by atoms with E-state index >= 15 is 0 Å². The molecular weight excluding hydrogens is 238 g/mol. The molecule has 19 heavy (non-hydrogen) atoms. The molecule has 1 aromatic rings. The van der Waals surface area contributed by atoms with E-state index in [1.165, 1.54) is 38.9 Å². The summed E-state index contributed by atoms with van der Waals surface area (Å²) in [6.07, 6.45) is 5.07. The van der Waals surface area contributed by atoms with Crippen LogP contribution in [0.1, 0.15) is 44.8 Å². The van der Waals surface area contributed by atoms with Gasteiger partial charge in [0.2, 0.25) is 0 Å². The van der Waals surface area contributed by atoms with Crippen molar-refractivity contribution in [3.8, 4) is 0 Å². The Balaban J connectivity index is 1.47. The maximum absolute atomic E-state index is 4.48. The molecule has 2 fully saturated rings. The first-order chi connectivity index (χ1) is 9.26. The SMILES string of the molecule is CCc1n[nH]c(CN2CC(N3CCCC[C@@H]3C)C2)n1. The normalized spacial score (nSPS) is 26.5. The van der Waals surface area contributed by atoms with E-state index in [2.05, 4.69) is 38.8 Å². The molecular formula is C14H25N5. The van der Waals surface area contributed by atoms with Gasteiger partial charge >= 0.3 is 0 Å². The maximum Gasteiger partial charge on any atom is 0.150 e. The third kappa shape index (κ3) is 2.82. The highest BCUT2D eigenvalue weighted by atomic mass is 15.3. The van der Waals surface area contributed by atoms with Crippen molar-refractivity contribution in [3.63, 3.8) is 0 Å².